The van der Waals surface area contributed by atoms with Crippen molar-refractivity contribution in [2.75, 3.05) is 0 Å². The van der Waals surface area contributed by atoms with Crippen LogP contribution in [-0.4, -0.2) is 16.1 Å². The molecule has 5 heteroatoms. The van der Waals surface area contributed by atoms with Crippen LogP contribution in [0.4, 0.5) is 4.39 Å². The lowest BCUT2D eigenvalue weighted by Gasteiger charge is -2.05. The molecule has 1 amide bonds. The van der Waals surface area contributed by atoms with Crippen molar-refractivity contribution in [2.45, 2.75) is 20.4 Å². The van der Waals surface area contributed by atoms with Crippen LogP contribution < -0.4 is 5.32 Å². The van der Waals surface area contributed by atoms with Gasteiger partial charge in [-0.2, -0.15) is 5.10 Å². The van der Waals surface area contributed by atoms with Crippen LogP contribution in [0.1, 0.15) is 27.2 Å². The molecule has 0 spiro atoms. The largest absolute Gasteiger partial charge is 0.348 e. The summed E-state index contributed by atoms with van der Waals surface area (Å²) in [6, 6.07) is 4.92. The van der Waals surface area contributed by atoms with Crippen molar-refractivity contribution in [2.24, 2.45) is 0 Å². The predicted molar refractivity (Wildman–Crippen MR) is 65.6 cm³/mol. The number of rotatable bonds is 3. The van der Waals surface area contributed by atoms with Crippen molar-refractivity contribution < 1.29 is 9.18 Å². The van der Waals surface area contributed by atoms with Gasteiger partial charge in [0.05, 0.1) is 11.8 Å². The fraction of sp³-hybridized carbons (Fsp3) is 0.231. The number of hydrogen-bond donors (Lipinski definition) is 2. The molecule has 0 saturated heterocycles. The van der Waals surface area contributed by atoms with Gasteiger partial charge in [-0.1, -0.05) is 12.1 Å². The first-order valence-corrected chi connectivity index (χ1v) is 5.61. The highest BCUT2D eigenvalue weighted by molar-refractivity contribution is 5.94. The maximum Gasteiger partial charge on any atom is 0.255 e. The van der Waals surface area contributed by atoms with Crippen LogP contribution in [0.2, 0.25) is 0 Å². The Hall–Kier alpha value is -2.17. The van der Waals surface area contributed by atoms with E-state index in [1.807, 2.05) is 0 Å². The molecule has 0 bridgehead atoms. The van der Waals surface area contributed by atoms with Gasteiger partial charge in [0.15, 0.2) is 0 Å². The molecule has 2 N–H and O–H groups in total. The maximum atomic E-state index is 13.3. The first-order chi connectivity index (χ1) is 8.58. The number of nitrogens with one attached hydrogen (secondary N) is 2. The highest BCUT2D eigenvalue weighted by Crippen LogP contribution is 2.09. The number of hydrogen-bond acceptors (Lipinski definition) is 2. The van der Waals surface area contributed by atoms with Crippen LogP contribution in [0.5, 0.6) is 0 Å². The van der Waals surface area contributed by atoms with E-state index in [2.05, 4.69) is 15.5 Å². The van der Waals surface area contributed by atoms with Gasteiger partial charge in [0.2, 0.25) is 0 Å². The molecule has 0 aliphatic carbocycles. The number of aromatic nitrogens is 2. The summed E-state index contributed by atoms with van der Waals surface area (Å²) in [5.74, 6) is -0.483. The van der Waals surface area contributed by atoms with E-state index in [0.29, 0.717) is 23.4 Å². The van der Waals surface area contributed by atoms with Crippen LogP contribution in [0.3, 0.4) is 0 Å². The fourth-order valence-electron chi connectivity index (χ4n) is 1.60. The topological polar surface area (TPSA) is 57.8 Å². The lowest BCUT2D eigenvalue weighted by atomic mass is 10.1. The molecule has 1 aromatic carbocycles. The first kappa shape index (κ1) is 12.3. The Morgan fingerprint density at radius 3 is 2.83 bits per heavy atom. The zero-order chi connectivity index (χ0) is 13.1. The van der Waals surface area contributed by atoms with E-state index in [0.717, 1.165) is 5.56 Å². The number of amides is 1. The third-order valence-electron chi connectivity index (χ3n) is 2.76. The molecule has 2 aromatic rings. The summed E-state index contributed by atoms with van der Waals surface area (Å²) in [6.07, 6.45) is 1.47. The van der Waals surface area contributed by atoms with Gasteiger partial charge in [-0.3, -0.25) is 9.89 Å². The van der Waals surface area contributed by atoms with E-state index in [1.54, 1.807) is 26.0 Å². The minimum Gasteiger partial charge on any atom is -0.348 e. The average molecular weight is 247 g/mol. The average Bonchev–Trinajstić information content (AvgIpc) is 2.77. The van der Waals surface area contributed by atoms with Crippen molar-refractivity contribution in [1.29, 1.82) is 0 Å². The van der Waals surface area contributed by atoms with Crippen LogP contribution >= 0.6 is 0 Å². The second-order valence-electron chi connectivity index (χ2n) is 4.17. The molecular weight excluding hydrogens is 233 g/mol. The minimum atomic E-state index is -0.263. The molecular formula is C13H14FN3O. The smallest absolute Gasteiger partial charge is 0.255 e. The maximum absolute atomic E-state index is 13.3. The SMILES string of the molecule is Cc1ccc(CNC(=O)c2cn[nH]c2C)cc1F. The fourth-order valence-corrected chi connectivity index (χ4v) is 1.60. The van der Waals surface area contributed by atoms with Crippen LogP contribution in [-0.2, 0) is 6.54 Å². The molecule has 0 aliphatic heterocycles. The molecule has 94 valence electrons. The molecule has 0 fully saturated rings. The second-order valence-corrected chi connectivity index (χ2v) is 4.17. The minimum absolute atomic E-state index is 0.220. The van der Waals surface area contributed by atoms with E-state index in [-0.39, 0.29) is 11.7 Å². The quantitative estimate of drug-likeness (QED) is 0.872. The Morgan fingerprint density at radius 2 is 2.22 bits per heavy atom. The summed E-state index contributed by atoms with van der Waals surface area (Å²) >= 11 is 0. The van der Waals surface area contributed by atoms with Crippen molar-refractivity contribution in [1.82, 2.24) is 15.5 Å². The molecule has 1 aromatic heterocycles. The zero-order valence-electron chi connectivity index (χ0n) is 10.2. The van der Waals surface area contributed by atoms with Gasteiger partial charge in [-0.15, -0.1) is 0 Å². The third kappa shape index (κ3) is 2.56. The third-order valence-corrected chi connectivity index (χ3v) is 2.76. The summed E-state index contributed by atoms with van der Waals surface area (Å²) < 4.78 is 13.3. The highest BCUT2D eigenvalue weighted by Gasteiger charge is 2.10. The van der Waals surface area contributed by atoms with Crippen LogP contribution in [0.25, 0.3) is 0 Å². The number of carbonyl (C=O) groups excluding carboxylic acids is 1. The molecule has 2 rings (SSSR count). The van der Waals surface area contributed by atoms with Crippen LogP contribution in [0, 0.1) is 19.7 Å². The van der Waals surface area contributed by atoms with Crippen molar-refractivity contribution in [3.8, 4) is 0 Å². The number of aromatic amines is 1. The zero-order valence-corrected chi connectivity index (χ0v) is 10.2. The summed E-state index contributed by atoms with van der Waals surface area (Å²) in [5, 5.41) is 9.19. The van der Waals surface area contributed by atoms with Gasteiger partial charge in [0.25, 0.3) is 5.91 Å². The van der Waals surface area contributed by atoms with Gasteiger partial charge in [0, 0.05) is 12.2 Å². The standard InChI is InChI=1S/C13H14FN3O/c1-8-3-4-10(5-12(8)14)6-15-13(18)11-7-16-17-9(11)2/h3-5,7H,6H2,1-2H3,(H,15,18)(H,16,17). The van der Waals surface area contributed by atoms with Crippen molar-refractivity contribution >= 4 is 5.91 Å². The number of nitrogens with zero attached hydrogens (tertiary/aromatic N) is 1. The van der Waals surface area contributed by atoms with Crippen molar-refractivity contribution in [3.63, 3.8) is 0 Å². The Morgan fingerprint density at radius 1 is 1.44 bits per heavy atom. The Bertz CT molecular complexity index is 577. The lowest BCUT2D eigenvalue weighted by molar-refractivity contribution is 0.0950. The molecule has 0 aliphatic rings. The van der Waals surface area contributed by atoms with Gasteiger partial charge in [0.1, 0.15) is 5.82 Å². The molecule has 0 atom stereocenters. The van der Waals surface area contributed by atoms with E-state index in [1.165, 1.54) is 12.3 Å². The van der Waals surface area contributed by atoms with Crippen molar-refractivity contribution in [3.05, 3.63) is 52.6 Å². The molecule has 18 heavy (non-hydrogen) atoms. The molecule has 4 nitrogen and oxygen atoms in total. The lowest BCUT2D eigenvalue weighted by Crippen LogP contribution is -2.23. The van der Waals surface area contributed by atoms with Crippen LogP contribution in [0.15, 0.2) is 24.4 Å². The Kier molecular flexibility index (Phi) is 3.41. The molecule has 1 heterocycles. The monoisotopic (exact) mass is 247 g/mol. The van der Waals surface area contributed by atoms with E-state index >= 15 is 0 Å². The summed E-state index contributed by atoms with van der Waals surface area (Å²) in [6.45, 7) is 3.76. The Balaban J connectivity index is 2.02. The first-order valence-electron chi connectivity index (χ1n) is 5.61. The second kappa shape index (κ2) is 5.00. The number of aryl methyl sites for hydroxylation is 2. The number of benzene rings is 1. The molecule has 0 saturated carbocycles. The molecule has 0 unspecified atom stereocenters. The van der Waals surface area contributed by atoms with Gasteiger partial charge >= 0.3 is 0 Å². The van der Waals surface area contributed by atoms with E-state index in [4.69, 9.17) is 0 Å². The highest BCUT2D eigenvalue weighted by atomic mass is 19.1. The van der Waals surface area contributed by atoms with Gasteiger partial charge in [-0.05, 0) is 31.0 Å². The van der Waals surface area contributed by atoms with Gasteiger partial charge < -0.3 is 5.32 Å². The summed E-state index contributed by atoms with van der Waals surface area (Å²) in [5.41, 5.74) is 2.54. The van der Waals surface area contributed by atoms with E-state index < -0.39 is 0 Å². The normalized spacial score (nSPS) is 10.4. The number of H-pyrrole nitrogens is 1. The number of carbonyl (C=O) groups is 1. The Labute approximate surface area is 104 Å². The summed E-state index contributed by atoms with van der Waals surface area (Å²) in [4.78, 5) is 11.8. The molecule has 0 radical (unpaired) electrons. The predicted octanol–water partition coefficient (Wildman–Crippen LogP) is 2.10. The van der Waals surface area contributed by atoms with Gasteiger partial charge in [-0.25, -0.2) is 4.39 Å². The summed E-state index contributed by atoms with van der Waals surface area (Å²) in [7, 11) is 0. The number of halogens is 1. The van der Waals surface area contributed by atoms with E-state index in [9.17, 15) is 9.18 Å².